The minimum Gasteiger partial charge on any atom is -0.497 e. The lowest BCUT2D eigenvalue weighted by Gasteiger charge is -2.14. The zero-order chi connectivity index (χ0) is 18.9. The Morgan fingerprint density at radius 2 is 1.73 bits per heavy atom. The average molecular weight is 353 g/mol. The zero-order valence-electron chi connectivity index (χ0n) is 15.2. The van der Waals surface area contributed by atoms with Crippen LogP contribution in [0, 0.1) is 0 Å². The first-order valence-corrected chi connectivity index (χ1v) is 8.31. The Bertz CT molecular complexity index is 771. The maximum absolute atomic E-state index is 12.1. The number of hydrazone groups is 1. The molecule has 0 aliphatic rings. The van der Waals surface area contributed by atoms with Crippen LogP contribution < -0.4 is 15.5 Å². The molecule has 6 nitrogen and oxygen atoms in total. The fourth-order valence-corrected chi connectivity index (χ4v) is 2.34. The second-order valence-corrected chi connectivity index (χ2v) is 5.89. The van der Waals surface area contributed by atoms with Crippen LogP contribution >= 0.6 is 0 Å². The van der Waals surface area contributed by atoms with Gasteiger partial charge in [0, 0.05) is 11.3 Å². The number of benzene rings is 2. The molecule has 0 saturated carbocycles. The fourth-order valence-electron chi connectivity index (χ4n) is 2.34. The molecule has 0 radical (unpaired) electrons. The lowest BCUT2D eigenvalue weighted by Crippen LogP contribution is -2.28. The second-order valence-electron chi connectivity index (χ2n) is 5.89. The van der Waals surface area contributed by atoms with Crippen molar-refractivity contribution in [2.24, 2.45) is 5.10 Å². The summed E-state index contributed by atoms with van der Waals surface area (Å²) < 4.78 is 5.05. The van der Waals surface area contributed by atoms with Crippen LogP contribution in [0.5, 0.6) is 5.75 Å². The molecule has 136 valence electrons. The van der Waals surface area contributed by atoms with E-state index < -0.39 is 0 Å². The molecule has 2 aromatic rings. The van der Waals surface area contributed by atoms with Crippen LogP contribution in [0.25, 0.3) is 0 Å². The number of amides is 2. The SMILES string of the molecule is COc1ccc(C(=O)N/N=C(/C)CC(=O)N[C@@H](C)c2ccccc2)cc1. The Labute approximate surface area is 153 Å². The van der Waals surface area contributed by atoms with E-state index in [1.165, 1.54) is 0 Å². The Hall–Kier alpha value is -3.15. The third-order valence-electron chi connectivity index (χ3n) is 3.79. The molecule has 0 aliphatic carbocycles. The molecule has 6 heteroatoms. The Morgan fingerprint density at radius 1 is 1.08 bits per heavy atom. The van der Waals surface area contributed by atoms with Gasteiger partial charge in [0.2, 0.25) is 5.91 Å². The van der Waals surface area contributed by atoms with E-state index >= 15 is 0 Å². The predicted octanol–water partition coefficient (Wildman–Crippen LogP) is 3.07. The number of carbonyl (C=O) groups excluding carboxylic acids is 2. The van der Waals surface area contributed by atoms with E-state index in [0.29, 0.717) is 17.0 Å². The van der Waals surface area contributed by atoms with Gasteiger partial charge >= 0.3 is 0 Å². The first-order chi connectivity index (χ1) is 12.5. The summed E-state index contributed by atoms with van der Waals surface area (Å²) in [4.78, 5) is 24.1. The van der Waals surface area contributed by atoms with Gasteiger partial charge in [-0.25, -0.2) is 5.43 Å². The van der Waals surface area contributed by atoms with E-state index in [4.69, 9.17) is 4.74 Å². The van der Waals surface area contributed by atoms with Crippen LogP contribution in [-0.4, -0.2) is 24.6 Å². The minimum atomic E-state index is -0.343. The van der Waals surface area contributed by atoms with Crippen molar-refractivity contribution in [1.82, 2.24) is 10.7 Å². The van der Waals surface area contributed by atoms with Crippen molar-refractivity contribution < 1.29 is 14.3 Å². The third kappa shape index (κ3) is 5.73. The van der Waals surface area contributed by atoms with Crippen LogP contribution in [0.2, 0.25) is 0 Å². The van der Waals surface area contributed by atoms with Gasteiger partial charge in [0.1, 0.15) is 5.75 Å². The average Bonchev–Trinajstić information content (AvgIpc) is 2.66. The van der Waals surface area contributed by atoms with E-state index in [9.17, 15) is 9.59 Å². The fraction of sp³-hybridized carbons (Fsp3) is 0.250. The number of nitrogens with one attached hydrogen (secondary N) is 2. The largest absolute Gasteiger partial charge is 0.497 e. The highest BCUT2D eigenvalue weighted by atomic mass is 16.5. The van der Waals surface area contributed by atoms with E-state index in [1.807, 2.05) is 37.3 Å². The van der Waals surface area contributed by atoms with Crippen LogP contribution in [0.1, 0.15) is 42.2 Å². The molecule has 2 amide bonds. The number of hydrogen-bond donors (Lipinski definition) is 2. The molecule has 0 fully saturated rings. The van der Waals surface area contributed by atoms with E-state index in [2.05, 4.69) is 15.8 Å². The molecule has 0 unspecified atom stereocenters. The quantitative estimate of drug-likeness (QED) is 0.593. The number of carbonyl (C=O) groups is 2. The van der Waals surface area contributed by atoms with Gasteiger partial charge in [-0.1, -0.05) is 30.3 Å². The molecular formula is C20H23N3O3. The summed E-state index contributed by atoms with van der Waals surface area (Å²) in [6.45, 7) is 3.62. The Morgan fingerprint density at radius 3 is 2.35 bits per heavy atom. The maximum atomic E-state index is 12.1. The van der Waals surface area contributed by atoms with Gasteiger partial charge in [0.05, 0.1) is 19.6 Å². The van der Waals surface area contributed by atoms with Crippen molar-refractivity contribution >= 4 is 17.5 Å². The monoisotopic (exact) mass is 353 g/mol. The molecule has 2 aromatic carbocycles. The van der Waals surface area contributed by atoms with E-state index in [0.717, 1.165) is 5.56 Å². The van der Waals surface area contributed by atoms with Crippen molar-refractivity contribution in [1.29, 1.82) is 0 Å². The summed E-state index contributed by atoms with van der Waals surface area (Å²) in [5.74, 6) is 0.178. The van der Waals surface area contributed by atoms with Crippen molar-refractivity contribution in [3.05, 3.63) is 65.7 Å². The van der Waals surface area contributed by atoms with Crippen molar-refractivity contribution in [3.63, 3.8) is 0 Å². The first-order valence-electron chi connectivity index (χ1n) is 8.31. The van der Waals surface area contributed by atoms with Crippen LogP contribution in [0.15, 0.2) is 59.7 Å². The van der Waals surface area contributed by atoms with E-state index in [1.54, 1.807) is 38.3 Å². The third-order valence-corrected chi connectivity index (χ3v) is 3.79. The first kappa shape index (κ1) is 19.2. The molecule has 0 bridgehead atoms. The molecule has 0 spiro atoms. The number of methoxy groups -OCH3 is 1. The Balaban J connectivity index is 1.84. The Kier molecular flexibility index (Phi) is 6.91. The number of nitrogens with zero attached hydrogens (tertiary/aromatic N) is 1. The van der Waals surface area contributed by atoms with E-state index in [-0.39, 0.29) is 24.3 Å². The van der Waals surface area contributed by atoms with Gasteiger partial charge in [-0.3, -0.25) is 9.59 Å². The van der Waals surface area contributed by atoms with Gasteiger partial charge in [-0.05, 0) is 43.7 Å². The standard InChI is InChI=1S/C20H23N3O3/c1-14(13-19(24)21-15(2)16-7-5-4-6-8-16)22-23-20(25)17-9-11-18(26-3)12-10-17/h4-12,15H,13H2,1-3H3,(H,21,24)(H,23,25)/b22-14-/t15-/m0/s1. The van der Waals surface area contributed by atoms with Crippen LogP contribution in [0.3, 0.4) is 0 Å². The highest BCUT2D eigenvalue weighted by molar-refractivity contribution is 6.01. The summed E-state index contributed by atoms with van der Waals surface area (Å²) >= 11 is 0. The van der Waals surface area contributed by atoms with Gasteiger partial charge in [-0.2, -0.15) is 5.10 Å². The highest BCUT2D eigenvalue weighted by Crippen LogP contribution is 2.12. The molecule has 1 atom stereocenters. The number of rotatable bonds is 7. The molecular weight excluding hydrogens is 330 g/mol. The molecule has 0 aliphatic heterocycles. The van der Waals surface area contributed by atoms with Crippen molar-refractivity contribution in [2.45, 2.75) is 26.3 Å². The summed E-state index contributed by atoms with van der Waals surface area (Å²) in [7, 11) is 1.56. The lowest BCUT2D eigenvalue weighted by molar-refractivity contribution is -0.120. The molecule has 2 N–H and O–H groups in total. The summed E-state index contributed by atoms with van der Waals surface area (Å²) in [5.41, 5.74) is 4.47. The summed E-state index contributed by atoms with van der Waals surface area (Å²) in [6, 6.07) is 16.3. The number of hydrogen-bond acceptors (Lipinski definition) is 4. The van der Waals surface area contributed by atoms with Crippen LogP contribution in [-0.2, 0) is 4.79 Å². The lowest BCUT2D eigenvalue weighted by atomic mass is 10.1. The second kappa shape index (κ2) is 9.36. The van der Waals surface area contributed by atoms with Crippen molar-refractivity contribution in [3.8, 4) is 5.75 Å². The normalized spacial score (nSPS) is 12.2. The summed E-state index contributed by atoms with van der Waals surface area (Å²) in [6.07, 6.45) is 0.111. The van der Waals surface area contributed by atoms with Crippen LogP contribution in [0.4, 0.5) is 0 Å². The molecule has 2 rings (SSSR count). The minimum absolute atomic E-state index is 0.0922. The van der Waals surface area contributed by atoms with Gasteiger partial charge in [-0.15, -0.1) is 0 Å². The summed E-state index contributed by atoms with van der Waals surface area (Å²) in [5, 5.41) is 6.90. The number of ether oxygens (including phenoxy) is 1. The molecule has 0 saturated heterocycles. The maximum Gasteiger partial charge on any atom is 0.271 e. The smallest absolute Gasteiger partial charge is 0.271 e. The molecule has 0 aromatic heterocycles. The zero-order valence-corrected chi connectivity index (χ0v) is 15.2. The van der Waals surface area contributed by atoms with Crippen molar-refractivity contribution in [2.75, 3.05) is 7.11 Å². The van der Waals surface area contributed by atoms with Gasteiger partial charge < -0.3 is 10.1 Å². The van der Waals surface area contributed by atoms with Gasteiger partial charge in [0.15, 0.2) is 0 Å². The predicted molar refractivity (Wildman–Crippen MR) is 101 cm³/mol. The molecule has 26 heavy (non-hydrogen) atoms. The highest BCUT2D eigenvalue weighted by Gasteiger charge is 2.11. The van der Waals surface area contributed by atoms with Gasteiger partial charge in [0.25, 0.3) is 5.91 Å². The molecule has 0 heterocycles. The topological polar surface area (TPSA) is 79.8 Å².